The summed E-state index contributed by atoms with van der Waals surface area (Å²) in [7, 11) is 0. The van der Waals surface area contributed by atoms with Crippen LogP contribution in [0.15, 0.2) is 24.3 Å². The summed E-state index contributed by atoms with van der Waals surface area (Å²) in [5.41, 5.74) is 2.51. The van der Waals surface area contributed by atoms with Crippen LogP contribution in [-0.2, 0) is 0 Å². The predicted octanol–water partition coefficient (Wildman–Crippen LogP) is 2.43. The third-order valence-corrected chi connectivity index (χ3v) is 2.84. The second-order valence-electron chi connectivity index (χ2n) is 3.25. The van der Waals surface area contributed by atoms with Crippen LogP contribution in [0, 0.1) is 6.92 Å². The Balaban J connectivity index is 2.78. The lowest BCUT2D eigenvalue weighted by Gasteiger charge is -2.13. The second kappa shape index (κ2) is 5.30. The zero-order valence-electron chi connectivity index (χ0n) is 8.16. The van der Waals surface area contributed by atoms with Crippen molar-refractivity contribution in [2.45, 2.75) is 12.8 Å². The largest absolute Gasteiger partial charge is 0.396 e. The lowest BCUT2D eigenvalue weighted by Crippen LogP contribution is -2.06. The Morgan fingerprint density at radius 1 is 1.46 bits per heavy atom. The first-order valence-electron chi connectivity index (χ1n) is 4.44. The van der Waals surface area contributed by atoms with E-state index in [1.54, 1.807) is 11.8 Å². The van der Waals surface area contributed by atoms with Crippen LogP contribution in [-0.4, -0.2) is 23.7 Å². The maximum Gasteiger partial charge on any atom is 0.0507 e. The third kappa shape index (κ3) is 3.05. The van der Waals surface area contributed by atoms with Gasteiger partial charge in [0.2, 0.25) is 0 Å². The Morgan fingerprint density at radius 3 is 2.77 bits per heavy atom. The number of aryl methyl sites for hydroxylation is 1. The standard InChI is InChI=1S/C11H16OS/c1-9-4-3-5-10(6-9)11(7-12)8-13-2/h3-6,11-12H,7-8H2,1-2H3. The van der Waals surface area contributed by atoms with Crippen molar-refractivity contribution in [2.75, 3.05) is 18.6 Å². The van der Waals surface area contributed by atoms with Gasteiger partial charge in [0.05, 0.1) is 6.61 Å². The smallest absolute Gasteiger partial charge is 0.0507 e. The average molecular weight is 196 g/mol. The fraction of sp³-hybridized carbons (Fsp3) is 0.455. The van der Waals surface area contributed by atoms with E-state index in [0.29, 0.717) is 0 Å². The van der Waals surface area contributed by atoms with Crippen molar-refractivity contribution in [3.05, 3.63) is 35.4 Å². The van der Waals surface area contributed by atoms with E-state index in [2.05, 4.69) is 31.4 Å². The summed E-state index contributed by atoms with van der Waals surface area (Å²) in [4.78, 5) is 0. The molecule has 1 N–H and O–H groups in total. The first-order valence-corrected chi connectivity index (χ1v) is 5.83. The van der Waals surface area contributed by atoms with E-state index >= 15 is 0 Å². The Bertz CT molecular complexity index is 260. The Kier molecular flexibility index (Phi) is 4.33. The number of hydrogen-bond donors (Lipinski definition) is 1. The average Bonchev–Trinajstić information content (AvgIpc) is 2.14. The van der Waals surface area contributed by atoms with Crippen molar-refractivity contribution in [2.24, 2.45) is 0 Å². The third-order valence-electron chi connectivity index (χ3n) is 2.10. The minimum atomic E-state index is 0.240. The van der Waals surface area contributed by atoms with E-state index in [4.69, 9.17) is 0 Å². The van der Waals surface area contributed by atoms with E-state index in [-0.39, 0.29) is 12.5 Å². The Hall–Kier alpha value is -0.470. The molecule has 0 saturated heterocycles. The molecule has 1 unspecified atom stereocenters. The summed E-state index contributed by atoms with van der Waals surface area (Å²) in [6.07, 6.45) is 2.07. The quantitative estimate of drug-likeness (QED) is 0.798. The summed E-state index contributed by atoms with van der Waals surface area (Å²) in [6.45, 7) is 2.32. The van der Waals surface area contributed by atoms with E-state index in [1.165, 1.54) is 11.1 Å². The number of aliphatic hydroxyl groups excluding tert-OH is 1. The first-order chi connectivity index (χ1) is 6.27. The Morgan fingerprint density at radius 2 is 2.23 bits per heavy atom. The SMILES string of the molecule is CSCC(CO)c1cccc(C)c1. The number of benzene rings is 1. The van der Waals surface area contributed by atoms with E-state index in [0.717, 1.165) is 5.75 Å². The summed E-state index contributed by atoms with van der Waals surface area (Å²) >= 11 is 1.78. The molecule has 1 aromatic carbocycles. The molecule has 0 aliphatic carbocycles. The number of aliphatic hydroxyl groups is 1. The van der Waals surface area contributed by atoms with E-state index in [1.807, 2.05) is 6.07 Å². The molecule has 0 aliphatic rings. The maximum atomic E-state index is 9.19. The number of hydrogen-bond acceptors (Lipinski definition) is 2. The number of thioether (sulfide) groups is 1. The summed E-state index contributed by atoms with van der Waals surface area (Å²) in [6, 6.07) is 8.37. The van der Waals surface area contributed by atoms with Crippen LogP contribution in [0.1, 0.15) is 17.0 Å². The van der Waals surface area contributed by atoms with Crippen molar-refractivity contribution in [3.8, 4) is 0 Å². The van der Waals surface area contributed by atoms with Gasteiger partial charge in [-0.1, -0.05) is 29.8 Å². The molecule has 1 atom stereocenters. The van der Waals surface area contributed by atoms with Crippen molar-refractivity contribution < 1.29 is 5.11 Å². The molecule has 13 heavy (non-hydrogen) atoms. The minimum absolute atomic E-state index is 0.240. The zero-order chi connectivity index (χ0) is 9.68. The highest BCUT2D eigenvalue weighted by atomic mass is 32.2. The van der Waals surface area contributed by atoms with Gasteiger partial charge >= 0.3 is 0 Å². The van der Waals surface area contributed by atoms with E-state index in [9.17, 15) is 5.11 Å². The second-order valence-corrected chi connectivity index (χ2v) is 4.16. The molecule has 1 rings (SSSR count). The molecule has 72 valence electrons. The molecular formula is C11H16OS. The van der Waals surface area contributed by atoms with E-state index < -0.39 is 0 Å². The number of rotatable bonds is 4. The first kappa shape index (κ1) is 10.6. The molecule has 0 radical (unpaired) electrons. The van der Waals surface area contributed by atoms with Gasteiger partial charge < -0.3 is 5.11 Å². The molecule has 0 spiro atoms. The molecule has 1 nitrogen and oxygen atoms in total. The predicted molar refractivity (Wildman–Crippen MR) is 59.4 cm³/mol. The van der Waals surface area contributed by atoms with Crippen LogP contribution >= 0.6 is 11.8 Å². The monoisotopic (exact) mass is 196 g/mol. The lowest BCUT2D eigenvalue weighted by atomic mass is 10.0. The highest BCUT2D eigenvalue weighted by Gasteiger charge is 2.08. The van der Waals surface area contributed by atoms with Gasteiger partial charge in [-0.2, -0.15) is 11.8 Å². The van der Waals surface area contributed by atoms with Gasteiger partial charge in [-0.3, -0.25) is 0 Å². The molecule has 0 aliphatic heterocycles. The van der Waals surface area contributed by atoms with Crippen molar-refractivity contribution in [3.63, 3.8) is 0 Å². The summed E-state index contributed by atoms with van der Waals surface area (Å²) in [5.74, 6) is 1.27. The maximum absolute atomic E-state index is 9.19. The molecular weight excluding hydrogens is 180 g/mol. The summed E-state index contributed by atoms with van der Waals surface area (Å²) in [5, 5.41) is 9.19. The van der Waals surface area contributed by atoms with Crippen LogP contribution < -0.4 is 0 Å². The normalized spacial score (nSPS) is 12.8. The highest BCUT2D eigenvalue weighted by Crippen LogP contribution is 2.19. The van der Waals surface area contributed by atoms with Crippen LogP contribution in [0.5, 0.6) is 0 Å². The van der Waals surface area contributed by atoms with Crippen LogP contribution in [0.2, 0.25) is 0 Å². The molecule has 0 aromatic heterocycles. The fourth-order valence-electron chi connectivity index (χ4n) is 1.38. The molecule has 2 heteroatoms. The lowest BCUT2D eigenvalue weighted by molar-refractivity contribution is 0.275. The van der Waals surface area contributed by atoms with Gasteiger partial charge in [-0.15, -0.1) is 0 Å². The van der Waals surface area contributed by atoms with Gasteiger partial charge in [-0.05, 0) is 18.7 Å². The molecule has 0 saturated carbocycles. The summed E-state index contributed by atoms with van der Waals surface area (Å²) < 4.78 is 0. The molecule has 0 heterocycles. The van der Waals surface area contributed by atoms with Gasteiger partial charge in [0, 0.05) is 11.7 Å². The molecule has 1 aromatic rings. The van der Waals surface area contributed by atoms with Crippen LogP contribution in [0.4, 0.5) is 0 Å². The molecule has 0 bridgehead atoms. The zero-order valence-corrected chi connectivity index (χ0v) is 8.97. The van der Waals surface area contributed by atoms with Gasteiger partial charge in [-0.25, -0.2) is 0 Å². The Labute approximate surface area is 84.2 Å². The highest BCUT2D eigenvalue weighted by molar-refractivity contribution is 7.98. The van der Waals surface area contributed by atoms with Crippen molar-refractivity contribution >= 4 is 11.8 Å². The minimum Gasteiger partial charge on any atom is -0.396 e. The molecule has 0 amide bonds. The van der Waals surface area contributed by atoms with Crippen molar-refractivity contribution in [1.82, 2.24) is 0 Å². The molecule has 0 fully saturated rings. The fourth-order valence-corrected chi connectivity index (χ4v) is 2.08. The van der Waals surface area contributed by atoms with Crippen LogP contribution in [0.25, 0.3) is 0 Å². The van der Waals surface area contributed by atoms with Gasteiger partial charge in [0.1, 0.15) is 0 Å². The van der Waals surface area contributed by atoms with Gasteiger partial charge in [0.15, 0.2) is 0 Å². The van der Waals surface area contributed by atoms with Crippen molar-refractivity contribution in [1.29, 1.82) is 0 Å². The van der Waals surface area contributed by atoms with Gasteiger partial charge in [0.25, 0.3) is 0 Å². The topological polar surface area (TPSA) is 20.2 Å². The van der Waals surface area contributed by atoms with Crippen LogP contribution in [0.3, 0.4) is 0 Å².